The number of fused-ring (bicyclic) bond motifs is 1. The summed E-state index contributed by atoms with van der Waals surface area (Å²) in [6.07, 6.45) is 2.36. The molecule has 0 amide bonds. The lowest BCUT2D eigenvalue weighted by Crippen LogP contribution is -2.14. The SMILES string of the molecule is Cc1cccc(-c2cc(NCCCCN(C)C)c3ccccc3n2)c1. The van der Waals surface area contributed by atoms with E-state index in [0.717, 1.165) is 30.7 Å². The number of anilines is 1. The molecule has 0 atom stereocenters. The van der Waals surface area contributed by atoms with Crippen LogP contribution in [0.25, 0.3) is 22.2 Å². The van der Waals surface area contributed by atoms with E-state index < -0.39 is 0 Å². The van der Waals surface area contributed by atoms with Crippen LogP contribution in [0.15, 0.2) is 54.6 Å². The van der Waals surface area contributed by atoms with Crippen molar-refractivity contribution >= 4 is 16.6 Å². The number of aromatic nitrogens is 1. The summed E-state index contributed by atoms with van der Waals surface area (Å²) >= 11 is 0. The predicted molar refractivity (Wildman–Crippen MR) is 108 cm³/mol. The van der Waals surface area contributed by atoms with Crippen LogP contribution in [0.5, 0.6) is 0 Å². The average Bonchev–Trinajstić information content (AvgIpc) is 2.61. The maximum absolute atomic E-state index is 4.87. The Balaban J connectivity index is 1.85. The van der Waals surface area contributed by atoms with Crippen molar-refractivity contribution in [3.8, 4) is 11.3 Å². The van der Waals surface area contributed by atoms with E-state index >= 15 is 0 Å². The van der Waals surface area contributed by atoms with Gasteiger partial charge in [-0.2, -0.15) is 0 Å². The first kappa shape index (κ1) is 17.4. The summed E-state index contributed by atoms with van der Waals surface area (Å²) in [5.41, 5.74) is 5.66. The molecule has 3 heteroatoms. The van der Waals surface area contributed by atoms with Gasteiger partial charge in [0.25, 0.3) is 0 Å². The fourth-order valence-electron chi connectivity index (χ4n) is 3.05. The number of nitrogens with zero attached hydrogens (tertiary/aromatic N) is 2. The van der Waals surface area contributed by atoms with E-state index in [-0.39, 0.29) is 0 Å². The van der Waals surface area contributed by atoms with Gasteiger partial charge in [0.05, 0.1) is 11.2 Å². The maximum Gasteiger partial charge on any atom is 0.0730 e. The van der Waals surface area contributed by atoms with E-state index in [1.807, 2.05) is 0 Å². The van der Waals surface area contributed by atoms with Crippen LogP contribution in [-0.4, -0.2) is 37.1 Å². The van der Waals surface area contributed by atoms with Gasteiger partial charge in [-0.15, -0.1) is 0 Å². The van der Waals surface area contributed by atoms with Crippen LogP contribution in [0.1, 0.15) is 18.4 Å². The third kappa shape index (κ3) is 4.58. The Bertz CT molecular complexity index is 840. The predicted octanol–water partition coefficient (Wildman–Crippen LogP) is 4.96. The summed E-state index contributed by atoms with van der Waals surface area (Å²) in [4.78, 5) is 7.10. The molecule has 2 aromatic carbocycles. The molecule has 130 valence electrons. The molecule has 0 saturated carbocycles. The first-order chi connectivity index (χ1) is 12.1. The van der Waals surface area contributed by atoms with Gasteiger partial charge >= 0.3 is 0 Å². The van der Waals surface area contributed by atoms with Crippen LogP contribution in [0, 0.1) is 6.92 Å². The summed E-state index contributed by atoms with van der Waals surface area (Å²) in [6.45, 7) is 4.23. The quantitative estimate of drug-likeness (QED) is 0.619. The number of rotatable bonds is 7. The number of nitrogens with one attached hydrogen (secondary N) is 1. The van der Waals surface area contributed by atoms with Crippen molar-refractivity contribution in [1.82, 2.24) is 9.88 Å². The largest absolute Gasteiger partial charge is 0.384 e. The molecule has 3 rings (SSSR count). The lowest BCUT2D eigenvalue weighted by Gasteiger charge is -2.13. The number of pyridine rings is 1. The molecule has 0 saturated heterocycles. The number of aryl methyl sites for hydroxylation is 1. The summed E-state index contributed by atoms with van der Waals surface area (Å²) in [5, 5.41) is 4.81. The van der Waals surface area contributed by atoms with Crippen molar-refractivity contribution in [2.75, 3.05) is 32.5 Å². The van der Waals surface area contributed by atoms with E-state index in [1.54, 1.807) is 0 Å². The summed E-state index contributed by atoms with van der Waals surface area (Å²) in [7, 11) is 4.25. The highest BCUT2D eigenvalue weighted by Gasteiger charge is 2.07. The minimum absolute atomic E-state index is 0.981. The van der Waals surface area contributed by atoms with E-state index in [9.17, 15) is 0 Å². The molecule has 0 aliphatic rings. The molecule has 0 unspecified atom stereocenters. The van der Waals surface area contributed by atoms with Crippen LogP contribution in [0.4, 0.5) is 5.69 Å². The number of hydrogen-bond acceptors (Lipinski definition) is 3. The van der Waals surface area contributed by atoms with Gasteiger partial charge < -0.3 is 10.2 Å². The zero-order valence-electron chi connectivity index (χ0n) is 15.4. The minimum atomic E-state index is 0.981. The molecule has 0 fully saturated rings. The highest BCUT2D eigenvalue weighted by molar-refractivity contribution is 5.93. The van der Waals surface area contributed by atoms with E-state index in [4.69, 9.17) is 4.98 Å². The molecule has 0 bridgehead atoms. The standard InChI is InChI=1S/C22H27N3/c1-17-9-8-10-18(15-17)21-16-22(23-13-6-7-14-25(2)3)19-11-4-5-12-20(19)24-21/h4-5,8-12,15-16H,6-7,13-14H2,1-3H3,(H,23,24). The molecule has 1 heterocycles. The van der Waals surface area contributed by atoms with Crippen molar-refractivity contribution < 1.29 is 0 Å². The van der Waals surface area contributed by atoms with Crippen LogP contribution >= 0.6 is 0 Å². The van der Waals surface area contributed by atoms with Crippen LogP contribution in [0.2, 0.25) is 0 Å². The number of unbranched alkanes of at least 4 members (excludes halogenated alkanes) is 1. The zero-order chi connectivity index (χ0) is 17.6. The molecule has 3 nitrogen and oxygen atoms in total. The Hall–Kier alpha value is -2.39. The molecule has 3 aromatic rings. The van der Waals surface area contributed by atoms with Crippen molar-refractivity contribution in [2.24, 2.45) is 0 Å². The third-order valence-corrected chi connectivity index (χ3v) is 4.38. The molecule has 1 aromatic heterocycles. The second kappa shape index (κ2) is 8.13. The molecular weight excluding hydrogens is 306 g/mol. The molecule has 0 spiro atoms. The van der Waals surface area contributed by atoms with Crippen LogP contribution in [0.3, 0.4) is 0 Å². The Morgan fingerprint density at radius 2 is 1.80 bits per heavy atom. The van der Waals surface area contributed by atoms with Crippen molar-refractivity contribution in [1.29, 1.82) is 0 Å². The van der Waals surface area contributed by atoms with Gasteiger partial charge in [-0.1, -0.05) is 42.0 Å². The molecule has 0 aliphatic carbocycles. The van der Waals surface area contributed by atoms with Gasteiger partial charge in [0, 0.05) is 23.2 Å². The number of para-hydroxylation sites is 1. The van der Waals surface area contributed by atoms with Gasteiger partial charge in [0.2, 0.25) is 0 Å². The van der Waals surface area contributed by atoms with Gasteiger partial charge in [0.1, 0.15) is 0 Å². The van der Waals surface area contributed by atoms with Gasteiger partial charge in [-0.05, 0) is 58.6 Å². The average molecular weight is 333 g/mol. The molecule has 0 aliphatic heterocycles. The zero-order valence-corrected chi connectivity index (χ0v) is 15.4. The highest BCUT2D eigenvalue weighted by atomic mass is 15.0. The van der Waals surface area contributed by atoms with Crippen LogP contribution in [-0.2, 0) is 0 Å². The lowest BCUT2D eigenvalue weighted by atomic mass is 10.1. The third-order valence-electron chi connectivity index (χ3n) is 4.38. The fraction of sp³-hybridized carbons (Fsp3) is 0.318. The van der Waals surface area contributed by atoms with Crippen molar-refractivity contribution in [3.05, 3.63) is 60.2 Å². The smallest absolute Gasteiger partial charge is 0.0730 e. The van der Waals surface area contributed by atoms with E-state index in [1.165, 1.54) is 28.6 Å². The Kier molecular flexibility index (Phi) is 5.67. The first-order valence-electron chi connectivity index (χ1n) is 8.99. The lowest BCUT2D eigenvalue weighted by molar-refractivity contribution is 0.396. The van der Waals surface area contributed by atoms with Gasteiger partial charge in [-0.25, -0.2) is 4.98 Å². The van der Waals surface area contributed by atoms with E-state index in [2.05, 4.69) is 85.8 Å². The normalized spacial score (nSPS) is 11.2. The Morgan fingerprint density at radius 3 is 2.60 bits per heavy atom. The fourth-order valence-corrected chi connectivity index (χ4v) is 3.05. The molecule has 25 heavy (non-hydrogen) atoms. The van der Waals surface area contributed by atoms with Crippen molar-refractivity contribution in [2.45, 2.75) is 19.8 Å². The maximum atomic E-state index is 4.87. The molecular formula is C22H27N3. The second-order valence-electron chi connectivity index (χ2n) is 6.88. The molecule has 1 N–H and O–H groups in total. The topological polar surface area (TPSA) is 28.2 Å². The van der Waals surface area contributed by atoms with Gasteiger partial charge in [-0.3, -0.25) is 0 Å². The van der Waals surface area contributed by atoms with E-state index in [0.29, 0.717) is 0 Å². The van der Waals surface area contributed by atoms with Crippen LogP contribution < -0.4 is 5.32 Å². The number of hydrogen-bond donors (Lipinski definition) is 1. The summed E-state index contributed by atoms with van der Waals surface area (Å²) < 4.78 is 0. The second-order valence-corrected chi connectivity index (χ2v) is 6.88. The van der Waals surface area contributed by atoms with Crippen molar-refractivity contribution in [3.63, 3.8) is 0 Å². The minimum Gasteiger partial charge on any atom is -0.384 e. The first-order valence-corrected chi connectivity index (χ1v) is 8.99. The summed E-state index contributed by atoms with van der Waals surface area (Å²) in [6, 6.07) is 19.1. The highest BCUT2D eigenvalue weighted by Crippen LogP contribution is 2.28. The Labute approximate surface area is 150 Å². The number of benzene rings is 2. The molecule has 0 radical (unpaired) electrons. The summed E-state index contributed by atoms with van der Waals surface area (Å²) in [5.74, 6) is 0. The Morgan fingerprint density at radius 1 is 0.960 bits per heavy atom. The van der Waals surface area contributed by atoms with Gasteiger partial charge in [0.15, 0.2) is 0 Å². The monoisotopic (exact) mass is 333 g/mol.